The van der Waals surface area contributed by atoms with Crippen LogP contribution in [0.5, 0.6) is 11.5 Å². The van der Waals surface area contributed by atoms with Crippen LogP contribution >= 0.6 is 0 Å². The molecule has 0 aliphatic heterocycles. The number of para-hydroxylation sites is 1. The summed E-state index contributed by atoms with van der Waals surface area (Å²) in [6, 6.07) is 14.4. The Morgan fingerprint density at radius 3 is 2.48 bits per heavy atom. The highest BCUT2D eigenvalue weighted by atomic mass is 16.5. The van der Waals surface area contributed by atoms with Crippen molar-refractivity contribution >= 4 is 11.8 Å². The Labute approximate surface area is 181 Å². The highest BCUT2D eigenvalue weighted by Crippen LogP contribution is 2.28. The minimum Gasteiger partial charge on any atom is -0.490 e. The van der Waals surface area contributed by atoms with Gasteiger partial charge in [-0.1, -0.05) is 18.2 Å². The molecule has 0 atom stereocenters. The molecule has 162 valence electrons. The van der Waals surface area contributed by atoms with Gasteiger partial charge < -0.3 is 20.1 Å². The van der Waals surface area contributed by atoms with Crippen molar-refractivity contribution in [3.63, 3.8) is 0 Å². The van der Waals surface area contributed by atoms with Gasteiger partial charge in [0, 0.05) is 24.5 Å². The molecule has 0 aliphatic rings. The number of aromatic nitrogens is 2. The van der Waals surface area contributed by atoms with Crippen molar-refractivity contribution in [1.29, 1.82) is 0 Å². The fourth-order valence-electron chi connectivity index (χ4n) is 3.01. The molecule has 3 rings (SSSR count). The third-order valence-corrected chi connectivity index (χ3v) is 4.43. The molecular weight excluding hydrogens is 396 g/mol. The van der Waals surface area contributed by atoms with Crippen LogP contribution in [0.2, 0.25) is 0 Å². The largest absolute Gasteiger partial charge is 0.490 e. The molecule has 0 spiro atoms. The van der Waals surface area contributed by atoms with E-state index in [2.05, 4.69) is 15.7 Å². The van der Waals surface area contributed by atoms with Crippen LogP contribution in [0.25, 0.3) is 5.69 Å². The highest BCUT2D eigenvalue weighted by Gasteiger charge is 2.13. The molecule has 0 unspecified atom stereocenters. The summed E-state index contributed by atoms with van der Waals surface area (Å²) in [5.41, 5.74) is 2.19. The van der Waals surface area contributed by atoms with Crippen molar-refractivity contribution in [3.05, 3.63) is 72.1 Å². The van der Waals surface area contributed by atoms with E-state index in [1.807, 2.05) is 50.4 Å². The molecule has 2 N–H and O–H groups in total. The highest BCUT2D eigenvalue weighted by molar-refractivity contribution is 5.97. The second-order valence-corrected chi connectivity index (χ2v) is 6.57. The van der Waals surface area contributed by atoms with E-state index in [1.165, 1.54) is 0 Å². The summed E-state index contributed by atoms with van der Waals surface area (Å²) in [6.07, 6.45) is 3.54. The molecule has 0 radical (unpaired) electrons. The molecule has 3 aromatic rings. The molecule has 31 heavy (non-hydrogen) atoms. The number of benzene rings is 2. The normalized spacial score (nSPS) is 10.4. The average molecular weight is 422 g/mol. The van der Waals surface area contributed by atoms with Crippen LogP contribution in [-0.2, 0) is 11.3 Å². The molecule has 8 heteroatoms. The fraction of sp³-hybridized carbons (Fsp3) is 0.261. The van der Waals surface area contributed by atoms with Crippen molar-refractivity contribution in [2.75, 3.05) is 19.8 Å². The lowest BCUT2D eigenvalue weighted by molar-refractivity contribution is -0.120. The number of carbonyl (C=O) groups excluding carboxylic acids is 2. The number of hydrogen-bond acceptors (Lipinski definition) is 5. The predicted molar refractivity (Wildman–Crippen MR) is 117 cm³/mol. The van der Waals surface area contributed by atoms with Crippen LogP contribution in [-0.4, -0.2) is 41.4 Å². The smallest absolute Gasteiger partial charge is 0.251 e. The van der Waals surface area contributed by atoms with Crippen molar-refractivity contribution in [2.45, 2.75) is 20.4 Å². The maximum absolute atomic E-state index is 12.5. The first-order chi connectivity index (χ1) is 15.1. The van der Waals surface area contributed by atoms with Gasteiger partial charge in [-0.05, 0) is 49.7 Å². The molecule has 0 saturated carbocycles. The summed E-state index contributed by atoms with van der Waals surface area (Å²) in [5, 5.41) is 9.69. The van der Waals surface area contributed by atoms with E-state index >= 15 is 0 Å². The molecule has 0 fully saturated rings. The van der Waals surface area contributed by atoms with Crippen molar-refractivity contribution in [3.8, 4) is 17.2 Å². The van der Waals surface area contributed by atoms with Crippen molar-refractivity contribution in [2.24, 2.45) is 0 Å². The molecule has 1 aromatic heterocycles. The van der Waals surface area contributed by atoms with Crippen LogP contribution in [0, 0.1) is 0 Å². The zero-order valence-electron chi connectivity index (χ0n) is 17.6. The van der Waals surface area contributed by atoms with Gasteiger partial charge in [-0.25, -0.2) is 4.68 Å². The summed E-state index contributed by atoms with van der Waals surface area (Å²) >= 11 is 0. The molecular formula is C23H26N4O4. The van der Waals surface area contributed by atoms with Gasteiger partial charge >= 0.3 is 0 Å². The minimum atomic E-state index is -0.365. The van der Waals surface area contributed by atoms with Gasteiger partial charge in [0.2, 0.25) is 5.91 Å². The first-order valence-electron chi connectivity index (χ1n) is 10.1. The topological polar surface area (TPSA) is 94.5 Å². The maximum atomic E-state index is 12.5. The van der Waals surface area contributed by atoms with Crippen LogP contribution in [0.1, 0.15) is 29.8 Å². The quantitative estimate of drug-likeness (QED) is 0.524. The molecule has 0 aliphatic carbocycles. The zero-order chi connectivity index (χ0) is 22.1. The zero-order valence-corrected chi connectivity index (χ0v) is 17.6. The lowest BCUT2D eigenvalue weighted by Crippen LogP contribution is -2.36. The Morgan fingerprint density at radius 2 is 1.74 bits per heavy atom. The minimum absolute atomic E-state index is 0.139. The molecule has 2 amide bonds. The van der Waals surface area contributed by atoms with Crippen LogP contribution in [0.3, 0.4) is 0 Å². The number of carbonyl (C=O) groups is 2. The maximum Gasteiger partial charge on any atom is 0.251 e. The summed E-state index contributed by atoms with van der Waals surface area (Å²) in [7, 11) is 0. The third kappa shape index (κ3) is 5.85. The molecule has 0 bridgehead atoms. The van der Waals surface area contributed by atoms with Crippen LogP contribution in [0.4, 0.5) is 0 Å². The summed E-state index contributed by atoms with van der Waals surface area (Å²) in [5.74, 6) is 0.418. The molecule has 2 aromatic carbocycles. The van der Waals surface area contributed by atoms with Gasteiger partial charge in [-0.3, -0.25) is 9.59 Å². The predicted octanol–water partition coefficient (Wildman–Crippen LogP) is 2.72. The van der Waals surface area contributed by atoms with Crippen molar-refractivity contribution < 1.29 is 19.1 Å². The third-order valence-electron chi connectivity index (χ3n) is 4.43. The summed E-state index contributed by atoms with van der Waals surface area (Å²) in [6.45, 7) is 4.87. The SMILES string of the molecule is CCOc1ccc(C(=O)NCC(=O)NCc2ccccc2-n2cccn2)cc1OCC. The first kappa shape index (κ1) is 21.9. The van der Waals surface area contributed by atoms with E-state index < -0.39 is 0 Å². The Balaban J connectivity index is 1.56. The van der Waals surface area contributed by atoms with Crippen molar-refractivity contribution in [1.82, 2.24) is 20.4 Å². The van der Waals surface area contributed by atoms with E-state index in [9.17, 15) is 9.59 Å². The van der Waals surface area contributed by atoms with Crippen LogP contribution in [0.15, 0.2) is 60.9 Å². The Morgan fingerprint density at radius 1 is 0.968 bits per heavy atom. The Kier molecular flexibility index (Phi) is 7.64. The second kappa shape index (κ2) is 10.8. The number of ether oxygens (including phenoxy) is 2. The molecule has 0 saturated heterocycles. The monoisotopic (exact) mass is 422 g/mol. The molecule has 1 heterocycles. The number of nitrogens with zero attached hydrogens (tertiary/aromatic N) is 2. The van der Waals surface area contributed by atoms with Gasteiger partial charge in [-0.15, -0.1) is 0 Å². The Bertz CT molecular complexity index is 1020. The first-order valence-corrected chi connectivity index (χ1v) is 10.1. The van der Waals surface area contributed by atoms with E-state index in [0.717, 1.165) is 11.3 Å². The molecule has 8 nitrogen and oxygen atoms in total. The standard InChI is InChI=1S/C23H26N4O4/c1-3-30-20-11-10-17(14-21(20)31-4-2)23(29)25-16-22(28)24-15-18-8-5-6-9-19(18)27-13-7-12-26-27/h5-14H,3-4,15-16H2,1-2H3,(H,24,28)(H,25,29). The van der Waals surface area contributed by atoms with Gasteiger partial charge in [0.05, 0.1) is 25.4 Å². The van der Waals surface area contributed by atoms with Gasteiger partial charge in [0.1, 0.15) is 0 Å². The van der Waals surface area contributed by atoms with E-state index in [1.54, 1.807) is 29.1 Å². The van der Waals surface area contributed by atoms with E-state index in [-0.39, 0.29) is 18.4 Å². The summed E-state index contributed by atoms with van der Waals surface area (Å²) in [4.78, 5) is 24.7. The number of rotatable bonds is 10. The number of hydrogen-bond donors (Lipinski definition) is 2. The summed E-state index contributed by atoms with van der Waals surface area (Å²) < 4.78 is 12.8. The lowest BCUT2D eigenvalue weighted by Gasteiger charge is -2.13. The van der Waals surface area contributed by atoms with Gasteiger partial charge in [0.25, 0.3) is 5.91 Å². The van der Waals surface area contributed by atoms with E-state index in [0.29, 0.717) is 36.8 Å². The number of nitrogens with one attached hydrogen (secondary N) is 2. The van der Waals surface area contributed by atoms with E-state index in [4.69, 9.17) is 9.47 Å². The van der Waals surface area contributed by atoms with Crippen LogP contribution < -0.4 is 20.1 Å². The van der Waals surface area contributed by atoms with Gasteiger partial charge in [0.15, 0.2) is 11.5 Å². The lowest BCUT2D eigenvalue weighted by atomic mass is 10.1. The number of amides is 2. The second-order valence-electron chi connectivity index (χ2n) is 6.57. The average Bonchev–Trinajstić information content (AvgIpc) is 3.32. The fourth-order valence-corrected chi connectivity index (χ4v) is 3.01. The van der Waals surface area contributed by atoms with Gasteiger partial charge in [-0.2, -0.15) is 5.10 Å². The Hall–Kier alpha value is -3.81.